The molecule has 1 saturated heterocycles. The van der Waals surface area contributed by atoms with Crippen LogP contribution in [0.3, 0.4) is 0 Å². The highest BCUT2D eigenvalue weighted by atomic mass is 16.5. The van der Waals surface area contributed by atoms with Crippen molar-refractivity contribution in [3.63, 3.8) is 0 Å². The minimum atomic E-state index is -1.39. The molecule has 0 aliphatic carbocycles. The number of rotatable bonds is 5. The van der Waals surface area contributed by atoms with E-state index in [2.05, 4.69) is 15.5 Å². The minimum Gasteiger partial charge on any atom is -0.508 e. The fourth-order valence-corrected chi connectivity index (χ4v) is 2.86. The second-order valence-electron chi connectivity index (χ2n) is 6.59. The second kappa shape index (κ2) is 8.19. The van der Waals surface area contributed by atoms with Crippen molar-refractivity contribution in [3.05, 3.63) is 47.8 Å². The molecule has 27 heavy (non-hydrogen) atoms. The molecule has 2 amide bonds. The highest BCUT2D eigenvalue weighted by Gasteiger charge is 2.35. The van der Waals surface area contributed by atoms with Gasteiger partial charge in [0.2, 0.25) is 5.91 Å². The number of aromatic nitrogens is 2. The number of hydrogen-bond acceptors (Lipinski definition) is 6. The van der Waals surface area contributed by atoms with E-state index in [9.17, 15) is 19.8 Å². The zero-order valence-electron chi connectivity index (χ0n) is 14.7. The van der Waals surface area contributed by atoms with Crippen LogP contribution in [0.2, 0.25) is 0 Å². The van der Waals surface area contributed by atoms with Gasteiger partial charge in [0.1, 0.15) is 17.0 Å². The summed E-state index contributed by atoms with van der Waals surface area (Å²) in [6.07, 6.45) is 1.61. The largest absolute Gasteiger partial charge is 0.508 e. The van der Waals surface area contributed by atoms with E-state index in [1.54, 1.807) is 12.1 Å². The van der Waals surface area contributed by atoms with Crippen LogP contribution >= 0.6 is 0 Å². The van der Waals surface area contributed by atoms with E-state index in [1.807, 2.05) is 0 Å². The van der Waals surface area contributed by atoms with Crippen LogP contribution in [0, 0.1) is 0 Å². The lowest BCUT2D eigenvalue weighted by molar-refractivity contribution is -0.133. The third kappa shape index (κ3) is 5.05. The fraction of sp³-hybridized carbons (Fsp3) is 0.389. The summed E-state index contributed by atoms with van der Waals surface area (Å²) in [5.74, 6) is -0.423. The first-order valence-corrected chi connectivity index (χ1v) is 8.59. The first kappa shape index (κ1) is 18.9. The molecule has 2 heterocycles. The third-order valence-electron chi connectivity index (χ3n) is 4.33. The highest BCUT2D eigenvalue weighted by molar-refractivity contribution is 5.92. The Kier molecular flexibility index (Phi) is 5.72. The lowest BCUT2D eigenvalue weighted by Crippen LogP contribution is -2.53. The lowest BCUT2D eigenvalue weighted by Gasteiger charge is -2.31. The molecule has 9 nitrogen and oxygen atoms in total. The number of phenolic OH excluding ortho intramolecular Hbond substituents is 1. The number of carbonyl (C=O) groups is 2. The number of aromatic hydroxyl groups is 1. The topological polar surface area (TPSA) is 128 Å². The van der Waals surface area contributed by atoms with E-state index in [0.717, 1.165) is 5.56 Å². The van der Waals surface area contributed by atoms with Crippen molar-refractivity contribution in [1.82, 2.24) is 20.4 Å². The maximum Gasteiger partial charge on any atom is 0.269 e. The SMILES string of the molecule is O=C(NCC1(O)COCCN(C(=O)Cc2ccc(O)cc2)C1)c1ccn[nH]1. The summed E-state index contributed by atoms with van der Waals surface area (Å²) in [5, 5.41) is 29.1. The van der Waals surface area contributed by atoms with E-state index in [4.69, 9.17) is 4.74 Å². The van der Waals surface area contributed by atoms with Gasteiger partial charge in [-0.2, -0.15) is 5.10 Å². The van der Waals surface area contributed by atoms with Crippen LogP contribution in [-0.2, 0) is 16.0 Å². The number of carbonyl (C=O) groups excluding carboxylic acids is 2. The zero-order valence-corrected chi connectivity index (χ0v) is 14.7. The van der Waals surface area contributed by atoms with E-state index in [1.165, 1.54) is 29.3 Å². The molecule has 1 unspecified atom stereocenters. The Morgan fingerprint density at radius 3 is 2.78 bits per heavy atom. The highest BCUT2D eigenvalue weighted by Crippen LogP contribution is 2.15. The molecular formula is C18H22N4O5. The van der Waals surface area contributed by atoms with Gasteiger partial charge < -0.3 is 25.2 Å². The fourth-order valence-electron chi connectivity index (χ4n) is 2.86. The van der Waals surface area contributed by atoms with E-state index in [-0.39, 0.29) is 43.5 Å². The smallest absolute Gasteiger partial charge is 0.269 e. The van der Waals surface area contributed by atoms with Crippen molar-refractivity contribution in [3.8, 4) is 5.75 Å². The maximum atomic E-state index is 12.6. The van der Waals surface area contributed by atoms with Crippen LogP contribution in [0.25, 0.3) is 0 Å². The summed E-state index contributed by atoms with van der Waals surface area (Å²) in [4.78, 5) is 26.2. The van der Waals surface area contributed by atoms with Gasteiger partial charge in [0.25, 0.3) is 5.91 Å². The van der Waals surface area contributed by atoms with Gasteiger partial charge in [-0.1, -0.05) is 12.1 Å². The molecule has 0 radical (unpaired) electrons. The summed E-state index contributed by atoms with van der Waals surface area (Å²) < 4.78 is 5.43. The number of β-amino-alcohol motifs (C(OH)–C–C–N with tert-alkyl or cyclic N) is 1. The number of phenols is 1. The number of amides is 2. The Bertz CT molecular complexity index is 778. The van der Waals surface area contributed by atoms with Crippen LogP contribution in [0.5, 0.6) is 5.75 Å². The molecule has 1 fully saturated rings. The number of nitrogens with one attached hydrogen (secondary N) is 2. The lowest BCUT2D eigenvalue weighted by atomic mass is 10.0. The first-order valence-electron chi connectivity index (χ1n) is 8.59. The van der Waals surface area contributed by atoms with Crippen molar-refractivity contribution in [1.29, 1.82) is 0 Å². The van der Waals surface area contributed by atoms with Gasteiger partial charge in [0.15, 0.2) is 0 Å². The monoisotopic (exact) mass is 374 g/mol. The summed E-state index contributed by atoms with van der Waals surface area (Å²) >= 11 is 0. The van der Waals surface area contributed by atoms with Crippen LogP contribution in [-0.4, -0.2) is 75.6 Å². The van der Waals surface area contributed by atoms with E-state index < -0.39 is 11.5 Å². The van der Waals surface area contributed by atoms with Gasteiger partial charge in [0, 0.05) is 12.7 Å². The summed E-state index contributed by atoms with van der Waals surface area (Å²) in [6.45, 7) is 0.659. The molecule has 4 N–H and O–H groups in total. The zero-order chi connectivity index (χ0) is 19.3. The number of benzene rings is 1. The number of hydrogen-bond donors (Lipinski definition) is 4. The van der Waals surface area contributed by atoms with Gasteiger partial charge in [0.05, 0.1) is 32.7 Å². The van der Waals surface area contributed by atoms with Crippen molar-refractivity contribution < 1.29 is 24.5 Å². The van der Waals surface area contributed by atoms with Gasteiger partial charge in [-0.05, 0) is 23.8 Å². The minimum absolute atomic E-state index is 0.0131. The normalized spacial score (nSPS) is 20.1. The van der Waals surface area contributed by atoms with Crippen LogP contribution in [0.15, 0.2) is 36.5 Å². The predicted molar refractivity (Wildman–Crippen MR) is 95.1 cm³/mol. The third-order valence-corrected chi connectivity index (χ3v) is 4.33. The molecule has 1 aliphatic heterocycles. The molecule has 1 aromatic heterocycles. The van der Waals surface area contributed by atoms with Crippen molar-refractivity contribution >= 4 is 11.8 Å². The molecule has 144 valence electrons. The Balaban J connectivity index is 1.60. The summed E-state index contributed by atoms with van der Waals surface area (Å²) in [5.41, 5.74) is -0.343. The molecule has 0 spiro atoms. The van der Waals surface area contributed by atoms with Crippen molar-refractivity contribution in [2.24, 2.45) is 0 Å². The summed E-state index contributed by atoms with van der Waals surface area (Å²) in [7, 11) is 0. The number of aromatic amines is 1. The molecule has 3 rings (SSSR count). The first-order chi connectivity index (χ1) is 13.0. The Morgan fingerprint density at radius 1 is 1.30 bits per heavy atom. The van der Waals surface area contributed by atoms with Gasteiger partial charge in [-0.15, -0.1) is 0 Å². The average Bonchev–Trinajstić information content (AvgIpc) is 3.12. The van der Waals surface area contributed by atoms with Crippen LogP contribution < -0.4 is 5.32 Å². The summed E-state index contributed by atoms with van der Waals surface area (Å²) in [6, 6.07) is 7.93. The molecule has 2 aromatic rings. The standard InChI is InChI=1S/C18H22N4O5/c23-14-3-1-13(2-4-14)9-16(24)22-7-8-27-12-18(26,11-22)10-19-17(25)15-5-6-20-21-15/h1-6,23,26H,7-12H2,(H,19,25)(H,20,21). The van der Waals surface area contributed by atoms with E-state index >= 15 is 0 Å². The second-order valence-corrected chi connectivity index (χ2v) is 6.59. The number of H-pyrrole nitrogens is 1. The van der Waals surface area contributed by atoms with Crippen molar-refractivity contribution in [2.45, 2.75) is 12.0 Å². The molecule has 0 saturated carbocycles. The molecule has 1 atom stereocenters. The van der Waals surface area contributed by atoms with Crippen molar-refractivity contribution in [2.75, 3.05) is 32.8 Å². The maximum absolute atomic E-state index is 12.6. The Morgan fingerprint density at radius 2 is 2.07 bits per heavy atom. The average molecular weight is 374 g/mol. The molecule has 1 aliphatic rings. The molecule has 9 heteroatoms. The number of nitrogens with zero attached hydrogens (tertiary/aromatic N) is 2. The number of aliphatic hydroxyl groups is 1. The van der Waals surface area contributed by atoms with Gasteiger partial charge in [-0.25, -0.2) is 0 Å². The van der Waals surface area contributed by atoms with E-state index in [0.29, 0.717) is 13.2 Å². The number of ether oxygens (including phenoxy) is 1. The molecule has 1 aromatic carbocycles. The van der Waals surface area contributed by atoms with Gasteiger partial charge >= 0.3 is 0 Å². The van der Waals surface area contributed by atoms with Crippen LogP contribution in [0.4, 0.5) is 0 Å². The Labute approximate surface area is 155 Å². The molecule has 0 bridgehead atoms. The quantitative estimate of drug-likeness (QED) is 0.568. The Hall–Kier alpha value is -2.91. The predicted octanol–water partition coefficient (Wildman–Crippen LogP) is -0.322. The van der Waals surface area contributed by atoms with Crippen LogP contribution in [0.1, 0.15) is 16.1 Å². The molecular weight excluding hydrogens is 352 g/mol. The van der Waals surface area contributed by atoms with Gasteiger partial charge in [-0.3, -0.25) is 14.7 Å².